The average molecular weight is 333 g/mol. The Morgan fingerprint density at radius 3 is 2.12 bits per heavy atom. The van der Waals surface area contributed by atoms with Crippen LogP contribution in [0.1, 0.15) is 16.7 Å². The van der Waals surface area contributed by atoms with Crippen LogP contribution >= 0.6 is 0 Å². The van der Waals surface area contributed by atoms with E-state index in [1.807, 2.05) is 31.2 Å². The van der Waals surface area contributed by atoms with Crippen molar-refractivity contribution in [2.75, 3.05) is 6.61 Å². The van der Waals surface area contributed by atoms with E-state index in [9.17, 15) is 13.2 Å². The fraction of sp³-hybridized carbons (Fsp3) is 0.167. The molecule has 0 saturated carbocycles. The Labute approximate surface area is 137 Å². The molecule has 2 aromatic carbocycles. The van der Waals surface area contributed by atoms with Crippen molar-refractivity contribution in [1.82, 2.24) is 0 Å². The zero-order valence-electron chi connectivity index (χ0n) is 12.8. The molecular weight excluding hydrogens is 319 g/mol. The van der Waals surface area contributed by atoms with Crippen LogP contribution in [-0.4, -0.2) is 18.9 Å². The maximum Gasteiger partial charge on any atom is 0.573 e. The number of nitrogens with zero attached hydrogens (tertiary/aromatic N) is 1. The molecule has 0 radical (unpaired) electrons. The zero-order valence-corrected chi connectivity index (χ0v) is 12.8. The summed E-state index contributed by atoms with van der Waals surface area (Å²) in [6.07, 6.45) is -3.03. The fourth-order valence-corrected chi connectivity index (χ4v) is 2.24. The van der Waals surface area contributed by atoms with Gasteiger partial charge in [0.1, 0.15) is 12.4 Å². The molecule has 6 heteroatoms. The number of hydrogen-bond donors (Lipinski definition) is 0. The van der Waals surface area contributed by atoms with E-state index in [1.165, 1.54) is 12.1 Å². The van der Waals surface area contributed by atoms with Crippen LogP contribution in [0.4, 0.5) is 13.2 Å². The van der Waals surface area contributed by atoms with Crippen LogP contribution in [0.3, 0.4) is 0 Å². The Morgan fingerprint density at radius 1 is 0.958 bits per heavy atom. The van der Waals surface area contributed by atoms with E-state index in [-0.39, 0.29) is 5.75 Å². The molecule has 3 rings (SSSR count). The van der Waals surface area contributed by atoms with Gasteiger partial charge in [-0.3, -0.25) is 0 Å². The summed E-state index contributed by atoms with van der Waals surface area (Å²) in [6.45, 7) is 2.30. The second-order valence-corrected chi connectivity index (χ2v) is 5.32. The third-order valence-electron chi connectivity index (χ3n) is 3.46. The van der Waals surface area contributed by atoms with Gasteiger partial charge in [0.2, 0.25) is 5.90 Å². The highest BCUT2D eigenvalue weighted by Crippen LogP contribution is 2.26. The smallest absolute Gasteiger partial charge is 0.472 e. The van der Waals surface area contributed by atoms with Crippen LogP contribution in [0, 0.1) is 6.92 Å². The first-order valence-electron chi connectivity index (χ1n) is 7.23. The molecule has 1 heterocycles. The van der Waals surface area contributed by atoms with Gasteiger partial charge >= 0.3 is 6.36 Å². The number of ether oxygens (including phenoxy) is 2. The van der Waals surface area contributed by atoms with Crippen LogP contribution in [0.5, 0.6) is 5.75 Å². The summed E-state index contributed by atoms with van der Waals surface area (Å²) in [7, 11) is 0. The van der Waals surface area contributed by atoms with Crippen LogP contribution < -0.4 is 4.74 Å². The van der Waals surface area contributed by atoms with E-state index < -0.39 is 6.36 Å². The van der Waals surface area contributed by atoms with E-state index in [1.54, 1.807) is 18.3 Å². The Balaban J connectivity index is 1.75. The standard InChI is InChI=1S/C18H14F3NO2/c1-12-2-4-14(5-3-12)17-22-10-15(11-23-17)13-6-8-16(9-7-13)24-18(19,20)21/h2-10H,11H2,1H3. The van der Waals surface area contributed by atoms with E-state index in [0.29, 0.717) is 12.5 Å². The average Bonchev–Trinajstić information content (AvgIpc) is 2.55. The Morgan fingerprint density at radius 2 is 1.58 bits per heavy atom. The molecule has 24 heavy (non-hydrogen) atoms. The van der Waals surface area contributed by atoms with E-state index in [2.05, 4.69) is 9.73 Å². The topological polar surface area (TPSA) is 30.8 Å². The lowest BCUT2D eigenvalue weighted by Gasteiger charge is -2.16. The number of halogens is 3. The summed E-state index contributed by atoms with van der Waals surface area (Å²) >= 11 is 0. The van der Waals surface area contributed by atoms with Crippen molar-refractivity contribution in [3.8, 4) is 5.75 Å². The number of rotatable bonds is 3. The van der Waals surface area contributed by atoms with Crippen molar-refractivity contribution in [2.45, 2.75) is 13.3 Å². The van der Waals surface area contributed by atoms with Gasteiger partial charge in [0.25, 0.3) is 0 Å². The molecule has 0 N–H and O–H groups in total. The Kier molecular flexibility index (Phi) is 4.29. The van der Waals surface area contributed by atoms with Crippen LogP contribution in [0.15, 0.2) is 59.7 Å². The molecule has 0 unspecified atom stereocenters. The second kappa shape index (κ2) is 6.39. The molecule has 0 atom stereocenters. The molecule has 1 aliphatic rings. The minimum absolute atomic E-state index is 0.257. The third-order valence-corrected chi connectivity index (χ3v) is 3.46. The Bertz CT molecular complexity index is 775. The first-order chi connectivity index (χ1) is 11.4. The number of aryl methyl sites for hydroxylation is 1. The number of alkyl halides is 3. The third kappa shape index (κ3) is 3.95. The molecule has 124 valence electrons. The monoisotopic (exact) mass is 333 g/mol. The summed E-state index contributed by atoms with van der Waals surface area (Å²) in [5.74, 6) is 0.267. The molecule has 0 aliphatic carbocycles. The van der Waals surface area contributed by atoms with Crippen molar-refractivity contribution >= 4 is 11.5 Å². The van der Waals surface area contributed by atoms with Crippen LogP contribution in [0.25, 0.3) is 5.57 Å². The lowest BCUT2D eigenvalue weighted by atomic mass is 10.1. The molecule has 0 aromatic heterocycles. The number of benzene rings is 2. The lowest BCUT2D eigenvalue weighted by Crippen LogP contribution is -2.17. The lowest BCUT2D eigenvalue weighted by molar-refractivity contribution is -0.274. The van der Waals surface area contributed by atoms with Gasteiger partial charge in [0, 0.05) is 17.3 Å². The molecule has 0 spiro atoms. The second-order valence-electron chi connectivity index (χ2n) is 5.32. The summed E-state index contributed by atoms with van der Waals surface area (Å²) in [5.41, 5.74) is 3.54. The first-order valence-corrected chi connectivity index (χ1v) is 7.23. The van der Waals surface area contributed by atoms with Crippen molar-refractivity contribution in [2.24, 2.45) is 4.99 Å². The SMILES string of the molecule is Cc1ccc(C2=NC=C(c3ccc(OC(F)(F)F)cc3)CO2)cc1. The van der Waals surface area contributed by atoms with Crippen molar-refractivity contribution in [1.29, 1.82) is 0 Å². The predicted octanol–water partition coefficient (Wildman–Crippen LogP) is 4.71. The van der Waals surface area contributed by atoms with Gasteiger partial charge in [-0.1, -0.05) is 29.8 Å². The van der Waals surface area contributed by atoms with Crippen LogP contribution in [0.2, 0.25) is 0 Å². The van der Waals surface area contributed by atoms with Crippen molar-refractivity contribution in [3.05, 3.63) is 71.4 Å². The van der Waals surface area contributed by atoms with Crippen molar-refractivity contribution < 1.29 is 22.6 Å². The van der Waals surface area contributed by atoms with E-state index in [4.69, 9.17) is 4.74 Å². The summed E-state index contributed by atoms with van der Waals surface area (Å²) in [6, 6.07) is 13.4. The van der Waals surface area contributed by atoms with Gasteiger partial charge in [-0.05, 0) is 36.8 Å². The first kappa shape index (κ1) is 16.1. The highest BCUT2D eigenvalue weighted by molar-refractivity contribution is 5.96. The van der Waals surface area contributed by atoms with Crippen LogP contribution in [-0.2, 0) is 4.74 Å². The summed E-state index contributed by atoms with van der Waals surface area (Å²) < 4.78 is 46.0. The summed E-state index contributed by atoms with van der Waals surface area (Å²) in [5, 5.41) is 0. The number of hydrogen-bond acceptors (Lipinski definition) is 3. The summed E-state index contributed by atoms with van der Waals surface area (Å²) in [4.78, 5) is 4.29. The highest BCUT2D eigenvalue weighted by atomic mass is 19.4. The zero-order chi connectivity index (χ0) is 17.2. The molecule has 0 amide bonds. The van der Waals surface area contributed by atoms with E-state index in [0.717, 1.165) is 22.3 Å². The molecule has 0 fully saturated rings. The fourth-order valence-electron chi connectivity index (χ4n) is 2.24. The molecule has 0 bridgehead atoms. The highest BCUT2D eigenvalue weighted by Gasteiger charge is 2.31. The van der Waals surface area contributed by atoms with Gasteiger partial charge in [0.05, 0.1) is 0 Å². The van der Waals surface area contributed by atoms with Gasteiger partial charge in [-0.15, -0.1) is 13.2 Å². The quantitative estimate of drug-likeness (QED) is 0.814. The molecule has 0 saturated heterocycles. The molecule has 1 aliphatic heterocycles. The maximum absolute atomic E-state index is 12.2. The van der Waals surface area contributed by atoms with E-state index >= 15 is 0 Å². The molecular formula is C18H14F3NO2. The minimum Gasteiger partial charge on any atom is -0.472 e. The Hall–Kier alpha value is -2.76. The van der Waals surface area contributed by atoms with Gasteiger partial charge in [-0.2, -0.15) is 0 Å². The largest absolute Gasteiger partial charge is 0.573 e. The molecule has 2 aromatic rings. The minimum atomic E-state index is -4.69. The van der Waals surface area contributed by atoms with Gasteiger partial charge in [-0.25, -0.2) is 4.99 Å². The van der Waals surface area contributed by atoms with Gasteiger partial charge < -0.3 is 9.47 Å². The van der Waals surface area contributed by atoms with Gasteiger partial charge in [0.15, 0.2) is 0 Å². The molecule has 3 nitrogen and oxygen atoms in total. The maximum atomic E-state index is 12.2. The normalized spacial score (nSPS) is 14.5. The van der Waals surface area contributed by atoms with Crippen molar-refractivity contribution in [3.63, 3.8) is 0 Å². The number of aliphatic imine (C=N–C) groups is 1. The predicted molar refractivity (Wildman–Crippen MR) is 84.8 cm³/mol.